The van der Waals surface area contributed by atoms with E-state index in [1.54, 1.807) is 20.8 Å². The van der Waals surface area contributed by atoms with E-state index in [2.05, 4.69) is 4.40 Å². The van der Waals surface area contributed by atoms with Crippen molar-refractivity contribution in [1.29, 1.82) is 0 Å². The first kappa shape index (κ1) is 18.8. The second-order valence-corrected chi connectivity index (χ2v) is 10.1. The molecule has 4 nitrogen and oxygen atoms in total. The molecule has 0 saturated heterocycles. The summed E-state index contributed by atoms with van der Waals surface area (Å²) in [6.07, 6.45) is 0.656. The molecule has 1 aliphatic carbocycles. The number of benzene rings is 2. The maximum atomic E-state index is 12.8. The second kappa shape index (κ2) is 6.97. The Bertz CT molecular complexity index is 912. The Kier molecular flexibility index (Phi) is 5.04. The molecule has 0 saturated carbocycles. The van der Waals surface area contributed by atoms with Crippen LogP contribution in [0, 0.1) is 5.92 Å². The minimum Gasteiger partial charge on any atom is -0.388 e. The number of sulfonamides is 1. The van der Waals surface area contributed by atoms with E-state index in [0.29, 0.717) is 12.1 Å². The molecular formula is C21H25NO3S. The van der Waals surface area contributed by atoms with Gasteiger partial charge in [-0.05, 0) is 44.7 Å². The van der Waals surface area contributed by atoms with Crippen molar-refractivity contribution in [3.8, 4) is 0 Å². The largest absolute Gasteiger partial charge is 0.388 e. The molecule has 2 aromatic carbocycles. The number of hydrogen-bond acceptors (Lipinski definition) is 3. The first-order valence-corrected chi connectivity index (χ1v) is 10.3. The predicted octanol–water partition coefficient (Wildman–Crippen LogP) is 3.90. The van der Waals surface area contributed by atoms with Crippen LogP contribution in [0.2, 0.25) is 0 Å². The zero-order chi connectivity index (χ0) is 18.9. The van der Waals surface area contributed by atoms with E-state index in [1.807, 2.05) is 54.6 Å². The molecule has 0 amide bonds. The summed E-state index contributed by atoms with van der Waals surface area (Å²) in [5, 5.41) is 11.0. The molecule has 0 heterocycles. The van der Waals surface area contributed by atoms with Gasteiger partial charge in [0.1, 0.15) is 0 Å². The lowest BCUT2D eigenvalue weighted by Gasteiger charge is -2.31. The molecule has 2 aromatic rings. The normalized spacial score (nSPS) is 20.6. The van der Waals surface area contributed by atoms with Crippen LogP contribution in [-0.2, 0) is 16.4 Å². The van der Waals surface area contributed by atoms with Gasteiger partial charge in [-0.3, -0.25) is 0 Å². The van der Waals surface area contributed by atoms with Crippen LogP contribution in [0.15, 0.2) is 59.0 Å². The molecule has 5 heteroatoms. The summed E-state index contributed by atoms with van der Waals surface area (Å²) in [5.74, 6) is -0.357. The van der Waals surface area contributed by atoms with Crippen LogP contribution in [0.4, 0.5) is 0 Å². The van der Waals surface area contributed by atoms with Crippen molar-refractivity contribution in [1.82, 2.24) is 0 Å². The summed E-state index contributed by atoms with van der Waals surface area (Å²) in [5.41, 5.74) is 3.15. The highest BCUT2D eigenvalue weighted by Gasteiger charge is 2.36. The fraction of sp³-hybridized carbons (Fsp3) is 0.381. The van der Waals surface area contributed by atoms with Crippen LogP contribution in [0.25, 0.3) is 0 Å². The zero-order valence-electron chi connectivity index (χ0n) is 15.4. The van der Waals surface area contributed by atoms with Gasteiger partial charge < -0.3 is 5.11 Å². The molecule has 0 bridgehead atoms. The van der Waals surface area contributed by atoms with Crippen molar-refractivity contribution in [3.63, 3.8) is 0 Å². The molecule has 26 heavy (non-hydrogen) atoms. The van der Waals surface area contributed by atoms with Gasteiger partial charge in [-0.1, -0.05) is 54.6 Å². The van der Waals surface area contributed by atoms with Crippen molar-refractivity contribution in [2.45, 2.75) is 44.5 Å². The number of fused-ring (bicyclic) bond motifs is 1. The van der Waals surface area contributed by atoms with Crippen LogP contribution in [0.3, 0.4) is 0 Å². The minimum absolute atomic E-state index is 0.357. The Morgan fingerprint density at radius 3 is 2.31 bits per heavy atom. The van der Waals surface area contributed by atoms with Crippen LogP contribution in [0.1, 0.15) is 50.0 Å². The van der Waals surface area contributed by atoms with Gasteiger partial charge in [-0.15, -0.1) is 0 Å². The third-order valence-corrected chi connectivity index (χ3v) is 6.87. The molecule has 0 radical (unpaired) electrons. The van der Waals surface area contributed by atoms with Gasteiger partial charge in [0.2, 0.25) is 0 Å². The Morgan fingerprint density at radius 2 is 1.65 bits per heavy atom. The SMILES string of the molecule is CC(C)(C)S(=O)(=O)/N=C1/c2ccccc2CC[C@H]1[C@@H](O)c1ccccc1. The van der Waals surface area contributed by atoms with Gasteiger partial charge in [-0.25, -0.2) is 8.42 Å². The molecule has 138 valence electrons. The van der Waals surface area contributed by atoms with Gasteiger partial charge in [0, 0.05) is 11.5 Å². The Balaban J connectivity index is 2.13. The van der Waals surface area contributed by atoms with Crippen molar-refractivity contribution in [2.24, 2.45) is 10.3 Å². The summed E-state index contributed by atoms with van der Waals surface area (Å²) >= 11 is 0. The van der Waals surface area contributed by atoms with Crippen LogP contribution in [-0.4, -0.2) is 24.0 Å². The first-order valence-electron chi connectivity index (χ1n) is 8.86. The number of nitrogens with zero attached hydrogens (tertiary/aromatic N) is 1. The molecule has 1 aliphatic rings. The summed E-state index contributed by atoms with van der Waals surface area (Å²) < 4.78 is 28.8. The summed E-state index contributed by atoms with van der Waals surface area (Å²) in [7, 11) is -3.71. The van der Waals surface area contributed by atoms with Crippen molar-refractivity contribution in [3.05, 3.63) is 71.3 Å². The van der Waals surface area contributed by atoms with E-state index < -0.39 is 20.9 Å². The molecule has 0 spiro atoms. The number of hydrogen-bond donors (Lipinski definition) is 1. The third kappa shape index (κ3) is 3.60. The van der Waals surface area contributed by atoms with E-state index in [0.717, 1.165) is 23.1 Å². The highest BCUT2D eigenvalue weighted by molar-refractivity contribution is 7.91. The van der Waals surface area contributed by atoms with Gasteiger partial charge in [-0.2, -0.15) is 4.40 Å². The van der Waals surface area contributed by atoms with E-state index in [-0.39, 0.29) is 5.92 Å². The molecule has 2 atom stereocenters. The summed E-state index contributed by atoms with van der Waals surface area (Å²) in [6, 6.07) is 17.1. The molecule has 0 unspecified atom stereocenters. The van der Waals surface area contributed by atoms with E-state index in [4.69, 9.17) is 0 Å². The quantitative estimate of drug-likeness (QED) is 0.890. The lowest BCUT2D eigenvalue weighted by Crippen LogP contribution is -2.33. The Labute approximate surface area is 155 Å². The Hall–Kier alpha value is -1.98. The summed E-state index contributed by atoms with van der Waals surface area (Å²) in [4.78, 5) is 0. The highest BCUT2D eigenvalue weighted by atomic mass is 32.2. The van der Waals surface area contributed by atoms with Crippen molar-refractivity contribution < 1.29 is 13.5 Å². The molecule has 0 aliphatic heterocycles. The fourth-order valence-electron chi connectivity index (χ4n) is 3.21. The lowest BCUT2D eigenvalue weighted by atomic mass is 9.78. The van der Waals surface area contributed by atoms with Gasteiger partial charge in [0.05, 0.1) is 16.6 Å². The van der Waals surface area contributed by atoms with Crippen LogP contribution in [0.5, 0.6) is 0 Å². The molecule has 3 rings (SSSR count). The van der Waals surface area contributed by atoms with E-state index in [1.165, 1.54) is 0 Å². The fourth-order valence-corrected chi connectivity index (χ4v) is 3.98. The first-order chi connectivity index (χ1) is 12.2. The zero-order valence-corrected chi connectivity index (χ0v) is 16.2. The monoisotopic (exact) mass is 371 g/mol. The maximum Gasteiger partial charge on any atom is 0.258 e. The number of aliphatic hydroxyl groups is 1. The molecule has 0 aromatic heterocycles. The standard InChI is InChI=1S/C21H25NO3S/c1-21(2,3)26(24,25)22-19-17-12-8-7-9-15(17)13-14-18(19)20(23)16-10-5-4-6-11-16/h4-12,18,20,23H,13-14H2,1-3H3/b22-19-/t18-,20+/m1/s1. The number of aliphatic hydroxyl groups excluding tert-OH is 1. The molecule has 1 N–H and O–H groups in total. The summed E-state index contributed by atoms with van der Waals surface area (Å²) in [6.45, 7) is 4.93. The van der Waals surface area contributed by atoms with Gasteiger partial charge in [0.15, 0.2) is 0 Å². The Morgan fingerprint density at radius 1 is 1.04 bits per heavy atom. The number of aryl methyl sites for hydroxylation is 1. The minimum atomic E-state index is -3.71. The molecular weight excluding hydrogens is 346 g/mol. The predicted molar refractivity (Wildman–Crippen MR) is 105 cm³/mol. The average Bonchev–Trinajstić information content (AvgIpc) is 2.61. The molecule has 0 fully saturated rings. The van der Waals surface area contributed by atoms with Gasteiger partial charge >= 0.3 is 0 Å². The van der Waals surface area contributed by atoms with E-state index in [9.17, 15) is 13.5 Å². The topological polar surface area (TPSA) is 66.7 Å². The number of rotatable bonds is 3. The second-order valence-electron chi connectivity index (χ2n) is 7.72. The smallest absolute Gasteiger partial charge is 0.258 e. The lowest BCUT2D eigenvalue weighted by molar-refractivity contribution is 0.135. The van der Waals surface area contributed by atoms with Crippen molar-refractivity contribution >= 4 is 15.7 Å². The average molecular weight is 372 g/mol. The van der Waals surface area contributed by atoms with E-state index >= 15 is 0 Å². The third-order valence-electron chi connectivity index (χ3n) is 4.88. The van der Waals surface area contributed by atoms with Crippen LogP contribution < -0.4 is 0 Å². The van der Waals surface area contributed by atoms with Crippen molar-refractivity contribution in [2.75, 3.05) is 0 Å². The maximum absolute atomic E-state index is 12.8. The van der Waals surface area contributed by atoms with Crippen LogP contribution >= 0.6 is 0 Å². The highest BCUT2D eigenvalue weighted by Crippen LogP contribution is 2.36. The van der Waals surface area contributed by atoms with Gasteiger partial charge in [0.25, 0.3) is 10.0 Å².